The van der Waals surface area contributed by atoms with Crippen LogP contribution in [0.25, 0.3) is 0 Å². The molecule has 0 aromatic carbocycles. The number of hydrogen-bond acceptors (Lipinski definition) is 3. The van der Waals surface area contributed by atoms with E-state index in [0.717, 1.165) is 25.9 Å². The molecule has 0 aromatic heterocycles. The van der Waals surface area contributed by atoms with Crippen LogP contribution < -0.4 is 5.32 Å². The topological polar surface area (TPSA) is 52.6 Å². The van der Waals surface area contributed by atoms with Crippen LogP contribution in [0.1, 0.15) is 124 Å². The fourth-order valence-corrected chi connectivity index (χ4v) is 3.83. The van der Waals surface area contributed by atoms with Gasteiger partial charge in [-0.15, -0.1) is 0 Å². The molecular formula is C24H50N2O2. The zero-order valence-electron chi connectivity index (χ0n) is 19.3. The van der Waals surface area contributed by atoms with Gasteiger partial charge < -0.3 is 10.4 Å². The Bertz CT molecular complexity index is 333. The number of amides is 1. The van der Waals surface area contributed by atoms with Crippen molar-refractivity contribution < 1.29 is 9.90 Å². The largest absolute Gasteiger partial charge is 0.393 e. The molecule has 1 amide bonds. The first-order chi connectivity index (χ1) is 13.7. The molecule has 0 spiro atoms. The highest BCUT2D eigenvalue weighted by Crippen LogP contribution is 2.13. The van der Waals surface area contributed by atoms with Gasteiger partial charge in [0.1, 0.15) is 6.17 Å². The lowest BCUT2D eigenvalue weighted by Gasteiger charge is -2.28. The van der Waals surface area contributed by atoms with E-state index in [9.17, 15) is 9.90 Å². The van der Waals surface area contributed by atoms with E-state index in [2.05, 4.69) is 17.1 Å². The molecule has 0 aromatic rings. The third-order valence-corrected chi connectivity index (χ3v) is 5.76. The number of aliphatic hydroxyl groups excluding tert-OH is 1. The lowest BCUT2D eigenvalue weighted by Crippen LogP contribution is -2.50. The molecule has 1 unspecified atom stereocenters. The second-order valence-corrected chi connectivity index (χ2v) is 8.19. The number of carbonyl (C=O) groups excluding carboxylic acids is 1. The molecule has 0 saturated carbocycles. The van der Waals surface area contributed by atoms with Crippen LogP contribution in [0, 0.1) is 0 Å². The molecule has 2 N–H and O–H groups in total. The van der Waals surface area contributed by atoms with E-state index in [4.69, 9.17) is 0 Å². The van der Waals surface area contributed by atoms with Crippen LogP contribution in [-0.2, 0) is 4.79 Å². The van der Waals surface area contributed by atoms with Crippen molar-refractivity contribution >= 4 is 5.91 Å². The molecule has 0 rings (SSSR count). The number of aliphatic hydroxyl groups is 1. The molecular weight excluding hydrogens is 348 g/mol. The molecule has 1 atom stereocenters. The summed E-state index contributed by atoms with van der Waals surface area (Å²) in [4.78, 5) is 14.1. The Morgan fingerprint density at radius 2 is 1.11 bits per heavy atom. The average molecular weight is 399 g/mol. The van der Waals surface area contributed by atoms with Gasteiger partial charge >= 0.3 is 0 Å². The normalized spacial score (nSPS) is 12.5. The Kier molecular flexibility index (Phi) is 20.6. The Morgan fingerprint density at radius 3 is 1.46 bits per heavy atom. The average Bonchev–Trinajstić information content (AvgIpc) is 2.70. The summed E-state index contributed by atoms with van der Waals surface area (Å²) in [6.07, 6.45) is 20.4. The van der Waals surface area contributed by atoms with Gasteiger partial charge in [0.25, 0.3) is 0 Å². The van der Waals surface area contributed by atoms with Crippen LogP contribution in [-0.4, -0.2) is 41.8 Å². The quantitative estimate of drug-likeness (QED) is 0.183. The van der Waals surface area contributed by atoms with E-state index in [0.29, 0.717) is 6.42 Å². The summed E-state index contributed by atoms with van der Waals surface area (Å²) in [6, 6.07) is 0. The van der Waals surface area contributed by atoms with Crippen LogP contribution in [0.3, 0.4) is 0 Å². The summed E-state index contributed by atoms with van der Waals surface area (Å²) in [5, 5.41) is 12.4. The minimum absolute atomic E-state index is 0.0216. The van der Waals surface area contributed by atoms with Crippen LogP contribution in [0.15, 0.2) is 0 Å². The molecule has 0 saturated heterocycles. The second-order valence-electron chi connectivity index (χ2n) is 8.19. The third-order valence-electron chi connectivity index (χ3n) is 5.76. The van der Waals surface area contributed by atoms with Gasteiger partial charge in [-0.25, -0.2) is 0 Å². The molecule has 28 heavy (non-hydrogen) atoms. The van der Waals surface area contributed by atoms with Crippen molar-refractivity contribution in [3.63, 3.8) is 0 Å². The molecule has 0 heterocycles. The van der Waals surface area contributed by atoms with Gasteiger partial charge in [0.05, 0.1) is 6.61 Å². The number of unbranched alkanes of at least 4 members (excludes halogenated alkanes) is 14. The predicted octanol–water partition coefficient (Wildman–Crippen LogP) is 6.02. The zero-order chi connectivity index (χ0) is 20.9. The summed E-state index contributed by atoms with van der Waals surface area (Å²) in [5.74, 6) is 0.0700. The van der Waals surface area contributed by atoms with E-state index in [1.165, 1.54) is 83.5 Å². The van der Waals surface area contributed by atoms with Gasteiger partial charge in [0, 0.05) is 6.42 Å². The molecule has 0 fully saturated rings. The predicted molar refractivity (Wildman–Crippen MR) is 121 cm³/mol. The molecule has 168 valence electrons. The fraction of sp³-hybridized carbons (Fsp3) is 0.958. The zero-order valence-corrected chi connectivity index (χ0v) is 19.3. The summed E-state index contributed by atoms with van der Waals surface area (Å²) in [6.45, 7) is 8.02. The summed E-state index contributed by atoms with van der Waals surface area (Å²) in [5.41, 5.74) is 0. The monoisotopic (exact) mass is 398 g/mol. The van der Waals surface area contributed by atoms with Crippen molar-refractivity contribution in [1.29, 1.82) is 0 Å². The van der Waals surface area contributed by atoms with Crippen molar-refractivity contribution in [3.05, 3.63) is 0 Å². The molecule has 0 aliphatic carbocycles. The number of carbonyl (C=O) groups is 1. The summed E-state index contributed by atoms with van der Waals surface area (Å²) < 4.78 is 0. The number of hydrogen-bond donors (Lipinski definition) is 2. The molecule has 0 aliphatic heterocycles. The van der Waals surface area contributed by atoms with E-state index in [-0.39, 0.29) is 18.7 Å². The van der Waals surface area contributed by atoms with Gasteiger partial charge in [0.15, 0.2) is 0 Å². The third kappa shape index (κ3) is 16.4. The molecule has 4 heteroatoms. The van der Waals surface area contributed by atoms with E-state index >= 15 is 0 Å². The van der Waals surface area contributed by atoms with E-state index in [1.54, 1.807) is 0 Å². The van der Waals surface area contributed by atoms with Crippen molar-refractivity contribution in [1.82, 2.24) is 10.2 Å². The van der Waals surface area contributed by atoms with Gasteiger partial charge in [-0.2, -0.15) is 0 Å². The molecule has 0 bridgehead atoms. The maximum atomic E-state index is 12.0. The Morgan fingerprint density at radius 1 is 0.714 bits per heavy atom. The lowest BCUT2D eigenvalue weighted by atomic mass is 10.0. The second kappa shape index (κ2) is 21.1. The number of likely N-dealkylation sites (N-methyl/N-ethyl adjacent to an activating group) is 1. The van der Waals surface area contributed by atoms with E-state index < -0.39 is 0 Å². The Balaban J connectivity index is 3.39. The first kappa shape index (κ1) is 27.4. The smallest absolute Gasteiger partial charge is 0.221 e. The minimum atomic E-state index is -0.237. The maximum absolute atomic E-state index is 12.0. The highest BCUT2D eigenvalue weighted by atomic mass is 16.3. The molecule has 0 aliphatic rings. The summed E-state index contributed by atoms with van der Waals surface area (Å²) >= 11 is 0. The van der Waals surface area contributed by atoms with Gasteiger partial charge in [0.2, 0.25) is 5.91 Å². The van der Waals surface area contributed by atoms with Crippen molar-refractivity contribution in [2.75, 3.05) is 19.7 Å². The van der Waals surface area contributed by atoms with Crippen LogP contribution in [0.4, 0.5) is 0 Å². The van der Waals surface area contributed by atoms with Crippen LogP contribution >= 0.6 is 0 Å². The Labute approximate surface area is 175 Å². The van der Waals surface area contributed by atoms with E-state index in [1.807, 2.05) is 13.8 Å². The number of rotatable bonds is 21. The molecule has 4 nitrogen and oxygen atoms in total. The molecule has 0 radical (unpaired) electrons. The SMILES string of the molecule is CCCCCCCCCCCCCCCCCC(=O)NC(CO)N(CC)CC. The minimum Gasteiger partial charge on any atom is -0.393 e. The van der Waals surface area contributed by atoms with Gasteiger partial charge in [-0.05, 0) is 19.5 Å². The fourth-order valence-electron chi connectivity index (χ4n) is 3.83. The van der Waals surface area contributed by atoms with Gasteiger partial charge in [-0.1, -0.05) is 111 Å². The first-order valence-corrected chi connectivity index (χ1v) is 12.3. The standard InChI is InChI=1S/C24H50N2O2/c1-4-7-8-9-10-11-12-13-14-15-16-17-18-19-20-21-24(28)25-23(22-27)26(5-2)6-3/h23,27H,4-22H2,1-3H3,(H,25,28). The van der Waals surface area contributed by atoms with Crippen LogP contribution in [0.5, 0.6) is 0 Å². The number of nitrogens with one attached hydrogen (secondary N) is 1. The van der Waals surface area contributed by atoms with Crippen molar-refractivity contribution in [3.8, 4) is 0 Å². The van der Waals surface area contributed by atoms with Crippen molar-refractivity contribution in [2.45, 2.75) is 130 Å². The van der Waals surface area contributed by atoms with Gasteiger partial charge in [-0.3, -0.25) is 9.69 Å². The highest BCUT2D eigenvalue weighted by molar-refractivity contribution is 5.76. The summed E-state index contributed by atoms with van der Waals surface area (Å²) in [7, 11) is 0. The lowest BCUT2D eigenvalue weighted by molar-refractivity contribution is -0.123. The number of nitrogens with zero attached hydrogens (tertiary/aromatic N) is 1. The first-order valence-electron chi connectivity index (χ1n) is 12.3. The Hall–Kier alpha value is -0.610. The van der Waals surface area contributed by atoms with Crippen LogP contribution in [0.2, 0.25) is 0 Å². The highest BCUT2D eigenvalue weighted by Gasteiger charge is 2.16. The van der Waals surface area contributed by atoms with Crippen molar-refractivity contribution in [2.24, 2.45) is 0 Å². The maximum Gasteiger partial charge on any atom is 0.221 e.